The van der Waals surface area contributed by atoms with Gasteiger partial charge in [0.05, 0.1) is 23.6 Å². The summed E-state index contributed by atoms with van der Waals surface area (Å²) in [4.78, 5) is 18.3. The van der Waals surface area contributed by atoms with Gasteiger partial charge in [0, 0.05) is 19.8 Å². The van der Waals surface area contributed by atoms with Crippen LogP contribution in [0.4, 0.5) is 5.69 Å². The maximum Gasteiger partial charge on any atom is 0.274 e. The predicted molar refractivity (Wildman–Crippen MR) is 77.1 cm³/mol. The van der Waals surface area contributed by atoms with Gasteiger partial charge in [-0.05, 0) is 26.0 Å². The predicted octanol–water partition coefficient (Wildman–Crippen LogP) is 1.46. The number of nitrogen functional groups attached to an aromatic ring is 1. The van der Waals surface area contributed by atoms with Crippen LogP contribution in [-0.2, 0) is 13.1 Å². The average Bonchev–Trinajstić information content (AvgIpc) is 2.74. The van der Waals surface area contributed by atoms with E-state index >= 15 is 0 Å². The maximum absolute atomic E-state index is 12.5. The fourth-order valence-electron chi connectivity index (χ4n) is 2.04. The summed E-state index contributed by atoms with van der Waals surface area (Å²) >= 11 is 0. The topological polar surface area (TPSA) is 77.0 Å². The quantitative estimate of drug-likeness (QED) is 0.915. The number of carbonyl (C=O) groups excluding carboxylic acids is 1. The van der Waals surface area contributed by atoms with Gasteiger partial charge in [-0.15, -0.1) is 0 Å². The van der Waals surface area contributed by atoms with E-state index in [2.05, 4.69) is 10.1 Å². The van der Waals surface area contributed by atoms with Crippen LogP contribution in [0.15, 0.2) is 24.4 Å². The lowest BCUT2D eigenvalue weighted by Crippen LogP contribution is -2.29. The van der Waals surface area contributed by atoms with Crippen molar-refractivity contribution in [3.63, 3.8) is 0 Å². The number of aryl methyl sites for hydroxylation is 2. The van der Waals surface area contributed by atoms with Gasteiger partial charge in [0.25, 0.3) is 5.91 Å². The third kappa shape index (κ3) is 2.64. The van der Waals surface area contributed by atoms with Crippen LogP contribution in [0, 0.1) is 6.92 Å². The molecule has 106 valence electrons. The van der Waals surface area contributed by atoms with Crippen LogP contribution in [-0.4, -0.2) is 32.6 Å². The highest BCUT2D eigenvalue weighted by atomic mass is 16.2. The van der Waals surface area contributed by atoms with Gasteiger partial charge in [-0.25, -0.2) is 0 Å². The average molecular weight is 273 g/mol. The van der Waals surface area contributed by atoms with Crippen LogP contribution in [0.5, 0.6) is 0 Å². The number of hydrogen-bond acceptors (Lipinski definition) is 4. The van der Waals surface area contributed by atoms with E-state index in [0.717, 1.165) is 5.69 Å². The Hall–Kier alpha value is -2.37. The molecule has 0 bridgehead atoms. The van der Waals surface area contributed by atoms with Gasteiger partial charge in [0.2, 0.25) is 0 Å². The molecule has 0 aliphatic heterocycles. The van der Waals surface area contributed by atoms with Crippen molar-refractivity contribution in [1.29, 1.82) is 0 Å². The minimum atomic E-state index is -0.143. The van der Waals surface area contributed by atoms with Crippen LogP contribution in [0.2, 0.25) is 0 Å². The van der Waals surface area contributed by atoms with Crippen molar-refractivity contribution in [2.45, 2.75) is 26.9 Å². The van der Waals surface area contributed by atoms with Gasteiger partial charge in [0.1, 0.15) is 5.69 Å². The number of amides is 1. The summed E-state index contributed by atoms with van der Waals surface area (Å²) in [5, 5.41) is 4.27. The second-order valence-corrected chi connectivity index (χ2v) is 4.65. The van der Waals surface area contributed by atoms with Crippen molar-refractivity contribution in [3.8, 4) is 0 Å². The highest BCUT2D eigenvalue weighted by molar-refractivity contribution is 5.97. The Labute approximate surface area is 118 Å². The fraction of sp³-hybridized carbons (Fsp3) is 0.357. The smallest absolute Gasteiger partial charge is 0.274 e. The van der Waals surface area contributed by atoms with Crippen molar-refractivity contribution in [2.24, 2.45) is 0 Å². The lowest BCUT2D eigenvalue weighted by Gasteiger charge is -2.17. The molecular weight excluding hydrogens is 254 g/mol. The Morgan fingerprint density at radius 3 is 2.80 bits per heavy atom. The van der Waals surface area contributed by atoms with Crippen LogP contribution in [0.3, 0.4) is 0 Å². The van der Waals surface area contributed by atoms with Crippen molar-refractivity contribution in [2.75, 3.05) is 12.8 Å². The van der Waals surface area contributed by atoms with Crippen LogP contribution < -0.4 is 5.73 Å². The normalized spacial score (nSPS) is 10.6. The third-order valence-corrected chi connectivity index (χ3v) is 3.15. The molecule has 2 aromatic rings. The second-order valence-electron chi connectivity index (χ2n) is 4.65. The first-order valence-electron chi connectivity index (χ1n) is 6.52. The number of hydrogen-bond donors (Lipinski definition) is 1. The third-order valence-electron chi connectivity index (χ3n) is 3.15. The Balaban J connectivity index is 2.23. The number of aromatic nitrogens is 3. The summed E-state index contributed by atoms with van der Waals surface area (Å²) in [6, 6.07) is 5.63. The van der Waals surface area contributed by atoms with Crippen molar-refractivity contribution >= 4 is 11.6 Å². The molecule has 0 aromatic carbocycles. The number of carbonyl (C=O) groups is 1. The van der Waals surface area contributed by atoms with E-state index in [4.69, 9.17) is 5.73 Å². The van der Waals surface area contributed by atoms with Crippen LogP contribution in [0.1, 0.15) is 28.8 Å². The molecule has 0 saturated carbocycles. The number of anilines is 1. The first kappa shape index (κ1) is 14.0. The van der Waals surface area contributed by atoms with Crippen molar-refractivity contribution in [3.05, 3.63) is 41.5 Å². The molecule has 0 aliphatic carbocycles. The minimum Gasteiger partial charge on any atom is -0.395 e. The lowest BCUT2D eigenvalue weighted by atomic mass is 10.2. The second kappa shape index (κ2) is 5.73. The van der Waals surface area contributed by atoms with E-state index in [1.165, 1.54) is 0 Å². The van der Waals surface area contributed by atoms with E-state index in [-0.39, 0.29) is 5.91 Å². The van der Waals surface area contributed by atoms with Gasteiger partial charge in [-0.1, -0.05) is 6.07 Å². The number of rotatable bonds is 4. The van der Waals surface area contributed by atoms with Crippen molar-refractivity contribution in [1.82, 2.24) is 19.7 Å². The highest BCUT2D eigenvalue weighted by Gasteiger charge is 2.22. The fourth-order valence-corrected chi connectivity index (χ4v) is 2.04. The molecule has 1 amide bonds. The minimum absolute atomic E-state index is 0.143. The van der Waals surface area contributed by atoms with Crippen LogP contribution in [0.25, 0.3) is 0 Å². The lowest BCUT2D eigenvalue weighted by molar-refractivity contribution is 0.0772. The molecule has 2 heterocycles. The molecule has 20 heavy (non-hydrogen) atoms. The molecule has 0 atom stereocenters. The molecule has 6 nitrogen and oxygen atoms in total. The molecule has 0 spiro atoms. The molecule has 2 N–H and O–H groups in total. The molecule has 0 saturated heterocycles. The van der Waals surface area contributed by atoms with Gasteiger partial charge < -0.3 is 10.6 Å². The highest BCUT2D eigenvalue weighted by Crippen LogP contribution is 2.18. The first-order chi connectivity index (χ1) is 9.54. The Bertz CT molecular complexity index is 606. The Morgan fingerprint density at radius 2 is 2.20 bits per heavy atom. The molecule has 6 heteroatoms. The Kier molecular flexibility index (Phi) is 4.02. The molecule has 0 fully saturated rings. The summed E-state index contributed by atoms with van der Waals surface area (Å²) in [5.41, 5.74) is 8.38. The zero-order valence-corrected chi connectivity index (χ0v) is 12.0. The molecule has 0 radical (unpaired) electrons. The SMILES string of the molecule is CCn1nc(C)c(N)c1C(=O)N(C)Cc1ccccn1. The molecule has 0 unspecified atom stereocenters. The molecule has 2 rings (SSSR count). The van der Waals surface area contributed by atoms with Crippen molar-refractivity contribution < 1.29 is 4.79 Å². The largest absolute Gasteiger partial charge is 0.395 e. The molecule has 0 aliphatic rings. The molecular formula is C14H19N5O. The summed E-state index contributed by atoms with van der Waals surface area (Å²) in [6.45, 7) is 4.78. The van der Waals surface area contributed by atoms with E-state index in [9.17, 15) is 4.79 Å². The van der Waals surface area contributed by atoms with E-state index in [1.807, 2.05) is 25.1 Å². The zero-order valence-electron chi connectivity index (χ0n) is 12.0. The number of pyridine rings is 1. The summed E-state index contributed by atoms with van der Waals surface area (Å²) < 4.78 is 1.64. The Morgan fingerprint density at radius 1 is 1.45 bits per heavy atom. The summed E-state index contributed by atoms with van der Waals surface area (Å²) in [7, 11) is 1.73. The standard InChI is InChI=1S/C14H19N5O/c1-4-19-13(12(15)10(2)17-19)14(20)18(3)9-11-7-5-6-8-16-11/h5-8H,4,9,15H2,1-3H3. The van der Waals surface area contributed by atoms with Crippen LogP contribution >= 0.6 is 0 Å². The van der Waals surface area contributed by atoms with Gasteiger partial charge in [-0.2, -0.15) is 5.10 Å². The monoisotopic (exact) mass is 273 g/mol. The van der Waals surface area contributed by atoms with E-state index in [1.54, 1.807) is 29.7 Å². The zero-order chi connectivity index (χ0) is 14.7. The summed E-state index contributed by atoms with van der Waals surface area (Å²) in [5.74, 6) is -0.143. The van der Waals surface area contributed by atoms with Gasteiger partial charge in [0.15, 0.2) is 0 Å². The number of nitrogens with two attached hydrogens (primary N) is 1. The first-order valence-corrected chi connectivity index (χ1v) is 6.52. The van der Waals surface area contributed by atoms with E-state index in [0.29, 0.717) is 30.2 Å². The van der Waals surface area contributed by atoms with Gasteiger partial charge >= 0.3 is 0 Å². The maximum atomic E-state index is 12.5. The van der Waals surface area contributed by atoms with Gasteiger partial charge in [-0.3, -0.25) is 14.5 Å². The number of nitrogens with zero attached hydrogens (tertiary/aromatic N) is 4. The molecule has 2 aromatic heterocycles. The summed E-state index contributed by atoms with van der Waals surface area (Å²) in [6.07, 6.45) is 1.71. The van der Waals surface area contributed by atoms with E-state index < -0.39 is 0 Å².